The Balaban J connectivity index is 3.52. The summed E-state index contributed by atoms with van der Waals surface area (Å²) in [5, 5.41) is 0.821. The molecule has 1 aromatic rings. The van der Waals surface area contributed by atoms with E-state index >= 15 is 0 Å². The van der Waals surface area contributed by atoms with Crippen LogP contribution in [0.5, 0.6) is 0 Å². The van der Waals surface area contributed by atoms with Crippen molar-refractivity contribution in [1.29, 1.82) is 0 Å². The number of amides is 1. The summed E-state index contributed by atoms with van der Waals surface area (Å²) in [5.74, 6) is -61.7. The molecule has 1 aromatic carbocycles. The molecule has 0 spiro atoms. The Morgan fingerprint density at radius 2 is 0.892 bits per heavy atom. The van der Waals surface area contributed by atoms with Crippen LogP contribution in [0.2, 0.25) is 0 Å². The quantitative estimate of drug-likeness (QED) is 0.329. The number of halogens is 17. The minimum absolute atomic E-state index is 0.264. The number of carbonyl (C=O) groups is 1. The second-order valence-electron chi connectivity index (χ2n) is 7.41. The number of anilines is 2. The Bertz CT molecular complexity index is 983. The Morgan fingerprint density at radius 3 is 1.22 bits per heavy atom. The lowest BCUT2D eigenvalue weighted by atomic mass is 9.89. The molecule has 0 aliphatic carbocycles. The van der Waals surface area contributed by atoms with Gasteiger partial charge in [0.2, 0.25) is 0 Å². The van der Waals surface area contributed by atoms with Gasteiger partial charge >= 0.3 is 53.5 Å². The van der Waals surface area contributed by atoms with Crippen LogP contribution in [0.15, 0.2) is 24.3 Å². The molecule has 0 saturated heterocycles. The van der Waals surface area contributed by atoms with Crippen molar-refractivity contribution in [2.45, 2.75) is 47.6 Å². The molecular formula is C17H11F17N2O. The maximum atomic E-state index is 13.9. The zero-order chi connectivity index (χ0) is 29.8. The first kappa shape index (κ1) is 32.3. The molecule has 0 atom stereocenters. The third kappa shape index (κ3) is 4.59. The SMILES string of the molecule is CN(C)c1ccc(NC(=O)C(F)(F)C(F)(F)C(F)(F)C(F)(F)C(F)(F)C(F)(F)C(F)(F)C(F)(F)F)cc1. The van der Waals surface area contributed by atoms with Crippen molar-refractivity contribution in [1.82, 2.24) is 0 Å². The molecule has 0 saturated carbocycles. The first-order chi connectivity index (χ1) is 16.1. The van der Waals surface area contributed by atoms with Gasteiger partial charge in [0.25, 0.3) is 0 Å². The van der Waals surface area contributed by atoms with Gasteiger partial charge in [-0.1, -0.05) is 0 Å². The Morgan fingerprint density at radius 1 is 0.568 bits per heavy atom. The van der Waals surface area contributed by atoms with E-state index in [1.54, 1.807) is 0 Å². The lowest BCUT2D eigenvalue weighted by Crippen LogP contribution is -2.75. The molecule has 0 aromatic heterocycles. The number of alkyl halides is 17. The Kier molecular flexibility index (Phi) is 7.82. The summed E-state index contributed by atoms with van der Waals surface area (Å²) in [6.07, 6.45) is -7.83. The summed E-state index contributed by atoms with van der Waals surface area (Å²) in [7, 11) is 2.85. The van der Waals surface area contributed by atoms with E-state index in [0.29, 0.717) is 12.1 Å². The van der Waals surface area contributed by atoms with E-state index in [1.165, 1.54) is 19.0 Å². The lowest BCUT2D eigenvalue weighted by molar-refractivity contribution is -0.459. The van der Waals surface area contributed by atoms with Crippen LogP contribution in [0.3, 0.4) is 0 Å². The highest BCUT2D eigenvalue weighted by Gasteiger charge is 2.95. The van der Waals surface area contributed by atoms with Gasteiger partial charge in [-0.2, -0.15) is 74.6 Å². The standard InChI is InChI=1S/C17H11F17N2O/c1-36(2)8-5-3-7(4-6-8)35-9(37)10(18,19)11(20,21)12(22,23)13(24,25)14(26,27)15(28,29)16(30,31)17(32,33)34/h3-6H,1-2H3,(H,35,37). The summed E-state index contributed by atoms with van der Waals surface area (Å²) in [6.45, 7) is 0. The van der Waals surface area contributed by atoms with Crippen LogP contribution < -0.4 is 10.2 Å². The van der Waals surface area contributed by atoms with E-state index in [1.807, 2.05) is 0 Å². The molecule has 3 nitrogen and oxygen atoms in total. The van der Waals surface area contributed by atoms with Crippen LogP contribution in [0.4, 0.5) is 86.0 Å². The molecule has 37 heavy (non-hydrogen) atoms. The normalized spacial score (nSPS) is 15.0. The lowest BCUT2D eigenvalue weighted by Gasteiger charge is -2.42. The molecule has 0 heterocycles. The van der Waals surface area contributed by atoms with E-state index < -0.39 is 59.2 Å². The molecule has 0 fully saturated rings. The van der Waals surface area contributed by atoms with Gasteiger partial charge in [-0.25, -0.2) is 0 Å². The largest absolute Gasteiger partial charge is 0.460 e. The van der Waals surface area contributed by atoms with E-state index in [-0.39, 0.29) is 5.69 Å². The van der Waals surface area contributed by atoms with Gasteiger partial charge < -0.3 is 10.2 Å². The highest BCUT2D eigenvalue weighted by atomic mass is 19.4. The van der Waals surface area contributed by atoms with E-state index in [4.69, 9.17) is 0 Å². The number of hydrogen-bond acceptors (Lipinski definition) is 2. The van der Waals surface area contributed by atoms with Crippen LogP contribution >= 0.6 is 0 Å². The highest BCUT2D eigenvalue weighted by molar-refractivity contribution is 5.97. The highest BCUT2D eigenvalue weighted by Crippen LogP contribution is 2.64. The molecular weight excluding hydrogens is 571 g/mol. The van der Waals surface area contributed by atoms with Gasteiger partial charge in [0.15, 0.2) is 0 Å². The Hall–Kier alpha value is -2.70. The summed E-state index contributed by atoms with van der Waals surface area (Å²) in [6, 6.07) is 3.33. The van der Waals surface area contributed by atoms with Crippen LogP contribution in [-0.2, 0) is 4.79 Å². The first-order valence-corrected chi connectivity index (χ1v) is 8.86. The zero-order valence-corrected chi connectivity index (χ0v) is 17.6. The molecule has 0 aliphatic rings. The average molecular weight is 582 g/mol. The van der Waals surface area contributed by atoms with Crippen molar-refractivity contribution in [3.63, 3.8) is 0 Å². The van der Waals surface area contributed by atoms with Crippen LogP contribution in [0.25, 0.3) is 0 Å². The number of benzene rings is 1. The molecule has 0 radical (unpaired) electrons. The molecule has 0 unspecified atom stereocenters. The van der Waals surface area contributed by atoms with Crippen molar-refractivity contribution in [3.05, 3.63) is 24.3 Å². The van der Waals surface area contributed by atoms with Crippen molar-refractivity contribution < 1.29 is 79.4 Å². The molecule has 1 N–H and O–H groups in total. The predicted molar refractivity (Wildman–Crippen MR) is 90.1 cm³/mol. The van der Waals surface area contributed by atoms with Crippen molar-refractivity contribution in [2.24, 2.45) is 0 Å². The maximum Gasteiger partial charge on any atom is 0.460 e. The summed E-state index contributed by atoms with van der Waals surface area (Å²) in [4.78, 5) is 12.8. The number of rotatable bonds is 9. The van der Waals surface area contributed by atoms with Crippen molar-refractivity contribution in [3.8, 4) is 0 Å². The molecule has 1 rings (SSSR count). The third-order valence-corrected chi connectivity index (χ3v) is 4.65. The van der Waals surface area contributed by atoms with Crippen molar-refractivity contribution >= 4 is 17.3 Å². The molecule has 0 aliphatic heterocycles. The second-order valence-corrected chi connectivity index (χ2v) is 7.41. The van der Waals surface area contributed by atoms with Gasteiger partial charge in [0.05, 0.1) is 0 Å². The van der Waals surface area contributed by atoms with Crippen molar-refractivity contribution in [2.75, 3.05) is 24.3 Å². The Labute approximate surface area is 194 Å². The monoisotopic (exact) mass is 582 g/mol. The number of carbonyl (C=O) groups excluding carboxylic acids is 1. The first-order valence-electron chi connectivity index (χ1n) is 8.86. The van der Waals surface area contributed by atoms with Crippen LogP contribution in [0, 0.1) is 0 Å². The second kappa shape index (κ2) is 8.95. The van der Waals surface area contributed by atoms with Gasteiger partial charge in [0.1, 0.15) is 0 Å². The molecule has 0 bridgehead atoms. The summed E-state index contributed by atoms with van der Waals surface area (Å²) < 4.78 is 225. The average Bonchev–Trinajstić information content (AvgIpc) is 2.72. The smallest absolute Gasteiger partial charge is 0.378 e. The van der Waals surface area contributed by atoms with Gasteiger partial charge in [-0.05, 0) is 24.3 Å². The maximum absolute atomic E-state index is 13.9. The fourth-order valence-electron chi connectivity index (χ4n) is 2.36. The van der Waals surface area contributed by atoms with Gasteiger partial charge in [-0.3, -0.25) is 4.79 Å². The predicted octanol–water partition coefficient (Wildman–Crippen LogP) is 6.70. The van der Waals surface area contributed by atoms with E-state index in [0.717, 1.165) is 17.4 Å². The molecule has 214 valence electrons. The minimum atomic E-state index is -8.75. The summed E-state index contributed by atoms with van der Waals surface area (Å²) >= 11 is 0. The van der Waals surface area contributed by atoms with Gasteiger partial charge in [-0.15, -0.1) is 0 Å². The zero-order valence-electron chi connectivity index (χ0n) is 17.6. The minimum Gasteiger partial charge on any atom is -0.378 e. The molecule has 1 amide bonds. The molecule has 20 heteroatoms. The topological polar surface area (TPSA) is 32.3 Å². The van der Waals surface area contributed by atoms with E-state index in [9.17, 15) is 79.4 Å². The van der Waals surface area contributed by atoms with E-state index in [2.05, 4.69) is 0 Å². The van der Waals surface area contributed by atoms with Gasteiger partial charge in [0, 0.05) is 25.5 Å². The summed E-state index contributed by atoms with van der Waals surface area (Å²) in [5.41, 5.74) is -0.636. The fraction of sp³-hybridized carbons (Fsp3) is 0.588. The third-order valence-electron chi connectivity index (χ3n) is 4.65. The number of nitrogens with zero attached hydrogens (tertiary/aromatic N) is 1. The van der Waals surface area contributed by atoms with Crippen LogP contribution in [0.1, 0.15) is 0 Å². The van der Waals surface area contributed by atoms with Crippen LogP contribution in [-0.4, -0.2) is 67.6 Å². The fourth-order valence-corrected chi connectivity index (χ4v) is 2.36. The number of nitrogens with one attached hydrogen (secondary N) is 1. The number of hydrogen-bond donors (Lipinski definition) is 1.